The lowest BCUT2D eigenvalue weighted by Crippen LogP contribution is -2.19. The third-order valence-electron chi connectivity index (χ3n) is 5.21. The van der Waals surface area contributed by atoms with E-state index in [0.717, 1.165) is 16.7 Å². The van der Waals surface area contributed by atoms with Crippen molar-refractivity contribution in [3.63, 3.8) is 0 Å². The molecule has 0 saturated carbocycles. The van der Waals surface area contributed by atoms with Gasteiger partial charge in [0.15, 0.2) is 6.61 Å². The van der Waals surface area contributed by atoms with E-state index >= 15 is 0 Å². The van der Waals surface area contributed by atoms with Gasteiger partial charge in [-0.25, -0.2) is 13.6 Å². The zero-order valence-electron chi connectivity index (χ0n) is 19.6. The molecule has 4 nitrogen and oxygen atoms in total. The second-order valence-electron chi connectivity index (χ2n) is 8.36. The highest BCUT2D eigenvalue weighted by molar-refractivity contribution is 5.71. The molecule has 3 aromatic rings. The zero-order chi connectivity index (χ0) is 24.1. The number of anilines is 1. The maximum absolute atomic E-state index is 14.9. The first-order valence-corrected chi connectivity index (χ1v) is 10.9. The monoisotopic (exact) mass is 453 g/mol. The van der Waals surface area contributed by atoms with Crippen LogP contribution in [0.3, 0.4) is 0 Å². The molecule has 0 radical (unpaired) electrons. The molecule has 0 spiro atoms. The molecule has 0 fully saturated rings. The lowest BCUT2D eigenvalue weighted by Gasteiger charge is -2.17. The van der Waals surface area contributed by atoms with E-state index in [-0.39, 0.29) is 30.8 Å². The Morgan fingerprint density at radius 3 is 2.45 bits per heavy atom. The summed E-state index contributed by atoms with van der Waals surface area (Å²) < 4.78 is 40.0. The second kappa shape index (κ2) is 10.5. The molecule has 0 amide bonds. The Morgan fingerprint density at radius 1 is 1.00 bits per heavy atom. The van der Waals surface area contributed by atoms with Crippen molar-refractivity contribution in [2.24, 2.45) is 0 Å². The van der Waals surface area contributed by atoms with E-state index in [1.807, 2.05) is 37.3 Å². The summed E-state index contributed by atoms with van der Waals surface area (Å²) in [6.07, 6.45) is -0.249. The van der Waals surface area contributed by atoms with E-state index < -0.39 is 11.8 Å². The summed E-state index contributed by atoms with van der Waals surface area (Å²) in [5.41, 5.74) is 4.63. The van der Waals surface area contributed by atoms with Gasteiger partial charge in [0, 0.05) is 17.7 Å². The maximum Gasteiger partial charge on any atom is 0.344 e. The van der Waals surface area contributed by atoms with E-state index in [9.17, 15) is 13.6 Å². The summed E-state index contributed by atoms with van der Waals surface area (Å²) in [5.74, 6) is -0.976. The number of halogens is 2. The van der Waals surface area contributed by atoms with E-state index in [0.29, 0.717) is 22.4 Å². The van der Waals surface area contributed by atoms with Gasteiger partial charge in [0.25, 0.3) is 0 Å². The molecule has 0 saturated heterocycles. The van der Waals surface area contributed by atoms with Crippen molar-refractivity contribution in [1.29, 1.82) is 0 Å². The molecule has 0 atom stereocenters. The highest BCUT2D eigenvalue weighted by Crippen LogP contribution is 2.30. The van der Waals surface area contributed by atoms with E-state index in [2.05, 4.69) is 5.32 Å². The number of nitrogens with one attached hydrogen (secondary N) is 1. The average molecular weight is 454 g/mol. The van der Waals surface area contributed by atoms with Gasteiger partial charge in [-0.1, -0.05) is 29.8 Å². The Balaban J connectivity index is 1.81. The van der Waals surface area contributed by atoms with Crippen LogP contribution in [0.15, 0.2) is 48.5 Å². The SMILES string of the molecule is Cc1cccc(-c2cc(C)c(F)c(CNc3c(F)ccc(OCC(=O)OC(C)C)c3C)c2)c1. The summed E-state index contributed by atoms with van der Waals surface area (Å²) in [6.45, 7) is 8.70. The van der Waals surface area contributed by atoms with Crippen LogP contribution >= 0.6 is 0 Å². The fraction of sp³-hybridized carbons (Fsp3) is 0.296. The van der Waals surface area contributed by atoms with Crippen LogP contribution in [0.1, 0.15) is 36.1 Å². The molecular formula is C27H29F2NO3. The third-order valence-corrected chi connectivity index (χ3v) is 5.21. The summed E-state index contributed by atoms with van der Waals surface area (Å²) >= 11 is 0. The molecule has 3 aromatic carbocycles. The third kappa shape index (κ3) is 6.09. The normalized spacial score (nSPS) is 10.9. The minimum absolute atomic E-state index is 0.0862. The summed E-state index contributed by atoms with van der Waals surface area (Å²) in [6, 6.07) is 14.3. The van der Waals surface area contributed by atoms with Crippen LogP contribution in [-0.2, 0) is 16.1 Å². The number of rotatable bonds is 8. The van der Waals surface area contributed by atoms with Gasteiger partial charge < -0.3 is 14.8 Å². The first-order valence-electron chi connectivity index (χ1n) is 10.9. The first-order chi connectivity index (χ1) is 15.7. The van der Waals surface area contributed by atoms with Crippen LogP contribution < -0.4 is 10.1 Å². The summed E-state index contributed by atoms with van der Waals surface area (Å²) in [5, 5.41) is 3.00. The smallest absolute Gasteiger partial charge is 0.344 e. The van der Waals surface area contributed by atoms with Crippen molar-refractivity contribution in [2.75, 3.05) is 11.9 Å². The second-order valence-corrected chi connectivity index (χ2v) is 8.36. The Kier molecular flexibility index (Phi) is 7.69. The highest BCUT2D eigenvalue weighted by Gasteiger charge is 2.15. The largest absolute Gasteiger partial charge is 0.482 e. The topological polar surface area (TPSA) is 47.6 Å². The Morgan fingerprint density at radius 2 is 1.76 bits per heavy atom. The van der Waals surface area contributed by atoms with Gasteiger partial charge in [-0.05, 0) is 75.6 Å². The predicted molar refractivity (Wildman–Crippen MR) is 126 cm³/mol. The van der Waals surface area contributed by atoms with Crippen molar-refractivity contribution < 1.29 is 23.0 Å². The molecule has 0 aliphatic carbocycles. The van der Waals surface area contributed by atoms with Gasteiger partial charge in [-0.3, -0.25) is 0 Å². The molecule has 33 heavy (non-hydrogen) atoms. The van der Waals surface area contributed by atoms with Crippen LogP contribution in [0.4, 0.5) is 14.5 Å². The number of esters is 1. The number of benzene rings is 3. The number of aryl methyl sites for hydroxylation is 2. The van der Waals surface area contributed by atoms with Gasteiger partial charge in [-0.2, -0.15) is 0 Å². The number of ether oxygens (including phenoxy) is 2. The Labute approximate surface area is 193 Å². The lowest BCUT2D eigenvalue weighted by molar-refractivity contribution is -0.149. The molecule has 6 heteroatoms. The lowest BCUT2D eigenvalue weighted by atomic mass is 9.98. The van der Waals surface area contributed by atoms with Crippen molar-refractivity contribution in [1.82, 2.24) is 0 Å². The molecule has 1 N–H and O–H groups in total. The van der Waals surface area contributed by atoms with Crippen LogP contribution in [0.25, 0.3) is 11.1 Å². The molecule has 0 aromatic heterocycles. The van der Waals surface area contributed by atoms with E-state index in [4.69, 9.17) is 9.47 Å². The average Bonchev–Trinajstić information content (AvgIpc) is 2.75. The highest BCUT2D eigenvalue weighted by atomic mass is 19.1. The standard InChI is InChI=1S/C27H29F2NO3/c1-16(2)33-25(31)15-32-24-10-9-23(28)27(19(24)5)30-14-22-13-21(12-18(4)26(22)29)20-8-6-7-17(3)11-20/h6-13,16,30H,14-15H2,1-5H3. The predicted octanol–water partition coefficient (Wildman–Crippen LogP) is 6.50. The van der Waals surface area contributed by atoms with Crippen molar-refractivity contribution in [3.8, 4) is 16.9 Å². The molecule has 3 rings (SSSR count). The fourth-order valence-corrected chi connectivity index (χ4v) is 3.61. The van der Waals surface area contributed by atoms with E-state index in [1.165, 1.54) is 12.1 Å². The van der Waals surface area contributed by atoms with Crippen LogP contribution in [0.2, 0.25) is 0 Å². The van der Waals surface area contributed by atoms with Crippen molar-refractivity contribution >= 4 is 11.7 Å². The fourth-order valence-electron chi connectivity index (χ4n) is 3.61. The number of carbonyl (C=O) groups is 1. The molecule has 0 bridgehead atoms. The van der Waals surface area contributed by atoms with Gasteiger partial charge in [0.1, 0.15) is 17.4 Å². The first kappa shape index (κ1) is 24.2. The van der Waals surface area contributed by atoms with Crippen LogP contribution in [0, 0.1) is 32.4 Å². The van der Waals surface area contributed by atoms with Gasteiger partial charge in [0.2, 0.25) is 0 Å². The van der Waals surface area contributed by atoms with Gasteiger partial charge in [-0.15, -0.1) is 0 Å². The minimum atomic E-state index is -0.506. The molecule has 0 aliphatic rings. The van der Waals surface area contributed by atoms with Gasteiger partial charge in [0.05, 0.1) is 11.8 Å². The van der Waals surface area contributed by atoms with Crippen molar-refractivity contribution in [2.45, 2.75) is 47.3 Å². The molecule has 0 aliphatic heterocycles. The van der Waals surface area contributed by atoms with E-state index in [1.54, 1.807) is 33.8 Å². The molecular weight excluding hydrogens is 424 g/mol. The summed E-state index contributed by atoms with van der Waals surface area (Å²) in [4.78, 5) is 11.8. The number of hydrogen-bond donors (Lipinski definition) is 1. The molecule has 0 unspecified atom stereocenters. The number of hydrogen-bond acceptors (Lipinski definition) is 4. The molecule has 0 heterocycles. The summed E-state index contributed by atoms with van der Waals surface area (Å²) in [7, 11) is 0. The van der Waals surface area contributed by atoms with Crippen LogP contribution in [0.5, 0.6) is 5.75 Å². The number of carbonyl (C=O) groups excluding carboxylic acids is 1. The Bertz CT molecular complexity index is 1160. The maximum atomic E-state index is 14.9. The van der Waals surface area contributed by atoms with Crippen LogP contribution in [-0.4, -0.2) is 18.7 Å². The quantitative estimate of drug-likeness (QED) is 0.396. The molecule has 174 valence electrons. The van der Waals surface area contributed by atoms with Crippen molar-refractivity contribution in [3.05, 3.63) is 82.4 Å². The minimum Gasteiger partial charge on any atom is -0.482 e. The zero-order valence-corrected chi connectivity index (χ0v) is 19.6. The Hall–Kier alpha value is -3.41. The van der Waals surface area contributed by atoms with Gasteiger partial charge >= 0.3 is 5.97 Å².